The molecule has 4 heteroatoms. The lowest BCUT2D eigenvalue weighted by atomic mass is 10.3. The molecule has 0 saturated carbocycles. The maximum Gasteiger partial charge on any atom is 0.146 e. The van der Waals surface area contributed by atoms with Crippen molar-refractivity contribution in [2.75, 3.05) is 0 Å². The molecule has 0 atom stereocenters. The lowest BCUT2D eigenvalue weighted by molar-refractivity contribution is 1.32. The molecule has 3 rings (SSSR count). The van der Waals surface area contributed by atoms with Crippen LogP contribution in [0, 0.1) is 4.64 Å². The van der Waals surface area contributed by atoms with E-state index in [1.54, 1.807) is 17.5 Å². The van der Waals surface area contributed by atoms with Crippen LogP contribution < -0.4 is 9.75 Å². The van der Waals surface area contributed by atoms with Crippen LogP contribution in [0.1, 0.15) is 6.42 Å². The largest absolute Gasteiger partial charge is 0.261 e. The summed E-state index contributed by atoms with van der Waals surface area (Å²) in [4.78, 5) is 9.45. The summed E-state index contributed by atoms with van der Waals surface area (Å²) in [7, 11) is 0. The molecule has 14 heavy (non-hydrogen) atoms. The van der Waals surface area contributed by atoms with Gasteiger partial charge in [-0.15, -0.1) is 11.3 Å². The van der Waals surface area contributed by atoms with Crippen LogP contribution in [-0.2, 0) is 0 Å². The second kappa shape index (κ2) is 2.93. The van der Waals surface area contributed by atoms with Crippen molar-refractivity contribution in [2.45, 2.75) is 6.42 Å². The Balaban J connectivity index is 2.68. The molecule has 2 heterocycles. The van der Waals surface area contributed by atoms with Crippen molar-refractivity contribution in [2.24, 2.45) is 0 Å². The molecule has 0 spiro atoms. The Labute approximate surface area is 89.3 Å². The van der Waals surface area contributed by atoms with Crippen LogP contribution >= 0.6 is 23.6 Å². The van der Waals surface area contributed by atoms with Gasteiger partial charge in [-0.25, -0.2) is 4.98 Å². The Morgan fingerprint density at radius 2 is 2.21 bits per heavy atom. The molecule has 0 aromatic carbocycles. The van der Waals surface area contributed by atoms with Crippen molar-refractivity contribution < 1.29 is 0 Å². The zero-order valence-corrected chi connectivity index (χ0v) is 8.86. The number of aromatic nitrogens is 2. The average Bonchev–Trinajstić information content (AvgIpc) is 2.64. The quantitative estimate of drug-likeness (QED) is 0.625. The summed E-state index contributed by atoms with van der Waals surface area (Å²) in [6.45, 7) is 0. The molecule has 2 aromatic rings. The van der Waals surface area contributed by atoms with Gasteiger partial charge in [0.2, 0.25) is 0 Å². The first-order chi connectivity index (χ1) is 6.84. The third-order valence-electron chi connectivity index (χ3n) is 2.22. The summed E-state index contributed by atoms with van der Waals surface area (Å²) < 4.78 is 1.86. The molecular weight excluding hydrogens is 212 g/mol. The SMILES string of the molecule is S=c1cncc2c3c(sc2n1)=CCC=3. The lowest BCUT2D eigenvalue weighted by Crippen LogP contribution is -2.13. The summed E-state index contributed by atoms with van der Waals surface area (Å²) in [6, 6.07) is 0. The number of thiophene rings is 1. The van der Waals surface area contributed by atoms with E-state index in [1.807, 2.05) is 6.20 Å². The molecule has 1 aliphatic rings. The fraction of sp³-hybridized carbons (Fsp3) is 0.100. The zero-order chi connectivity index (χ0) is 9.54. The van der Waals surface area contributed by atoms with Crippen molar-refractivity contribution in [3.63, 3.8) is 0 Å². The van der Waals surface area contributed by atoms with Crippen molar-refractivity contribution in [3.05, 3.63) is 26.8 Å². The van der Waals surface area contributed by atoms with Crippen LogP contribution in [0.15, 0.2) is 12.4 Å². The summed E-state index contributed by atoms with van der Waals surface area (Å²) >= 11 is 6.71. The monoisotopic (exact) mass is 218 g/mol. The van der Waals surface area contributed by atoms with E-state index in [2.05, 4.69) is 22.1 Å². The van der Waals surface area contributed by atoms with Crippen molar-refractivity contribution in [3.8, 4) is 0 Å². The molecule has 2 nitrogen and oxygen atoms in total. The van der Waals surface area contributed by atoms with Crippen LogP contribution in [0.2, 0.25) is 0 Å². The molecule has 0 bridgehead atoms. The summed E-state index contributed by atoms with van der Waals surface area (Å²) in [6.07, 6.45) is 8.91. The maximum absolute atomic E-state index is 5.03. The highest BCUT2D eigenvalue weighted by molar-refractivity contribution is 7.71. The van der Waals surface area contributed by atoms with E-state index in [0.717, 1.165) is 16.6 Å². The Bertz CT molecular complexity index is 685. The van der Waals surface area contributed by atoms with Gasteiger partial charge in [-0.3, -0.25) is 4.98 Å². The minimum Gasteiger partial charge on any atom is -0.261 e. The molecule has 0 N–H and O–H groups in total. The fourth-order valence-electron chi connectivity index (χ4n) is 1.62. The van der Waals surface area contributed by atoms with E-state index in [9.17, 15) is 0 Å². The zero-order valence-electron chi connectivity index (χ0n) is 7.23. The molecule has 0 radical (unpaired) electrons. The highest BCUT2D eigenvalue weighted by Crippen LogP contribution is 2.09. The van der Waals surface area contributed by atoms with Crippen LogP contribution in [0.5, 0.6) is 0 Å². The molecule has 0 unspecified atom stereocenters. The van der Waals surface area contributed by atoms with Gasteiger partial charge in [0.1, 0.15) is 9.47 Å². The minimum absolute atomic E-state index is 0.555. The highest BCUT2D eigenvalue weighted by Gasteiger charge is 2.03. The number of hydrogen-bond acceptors (Lipinski definition) is 4. The van der Waals surface area contributed by atoms with E-state index < -0.39 is 0 Å². The first-order valence-corrected chi connectivity index (χ1v) is 5.52. The molecule has 1 aliphatic carbocycles. The van der Waals surface area contributed by atoms with Gasteiger partial charge in [0.25, 0.3) is 0 Å². The average molecular weight is 218 g/mol. The summed E-state index contributed by atoms with van der Waals surface area (Å²) in [5.74, 6) is 0. The van der Waals surface area contributed by atoms with Gasteiger partial charge in [-0.2, -0.15) is 0 Å². The van der Waals surface area contributed by atoms with Gasteiger partial charge >= 0.3 is 0 Å². The van der Waals surface area contributed by atoms with Crippen molar-refractivity contribution in [1.29, 1.82) is 0 Å². The van der Waals surface area contributed by atoms with Gasteiger partial charge < -0.3 is 0 Å². The molecule has 68 valence electrons. The van der Waals surface area contributed by atoms with Gasteiger partial charge in [0.05, 0.1) is 6.20 Å². The normalized spacial score (nSPS) is 13.4. The van der Waals surface area contributed by atoms with E-state index in [-0.39, 0.29) is 0 Å². The molecule has 2 aromatic heterocycles. The first-order valence-electron chi connectivity index (χ1n) is 4.30. The molecular formula is C10H6N2S2. The van der Waals surface area contributed by atoms with Gasteiger partial charge in [0, 0.05) is 16.1 Å². The van der Waals surface area contributed by atoms with Crippen LogP contribution in [0.25, 0.3) is 22.4 Å². The Kier molecular flexibility index (Phi) is 1.72. The first kappa shape index (κ1) is 8.20. The fourth-order valence-corrected chi connectivity index (χ4v) is 2.94. The number of fused-ring (bicyclic) bond motifs is 3. The highest BCUT2D eigenvalue weighted by atomic mass is 32.1. The lowest BCUT2D eigenvalue weighted by Gasteiger charge is -1.76. The third kappa shape index (κ3) is 1.11. The third-order valence-corrected chi connectivity index (χ3v) is 3.53. The van der Waals surface area contributed by atoms with E-state index in [0.29, 0.717) is 4.64 Å². The maximum atomic E-state index is 5.03. The smallest absolute Gasteiger partial charge is 0.146 e. The van der Waals surface area contributed by atoms with E-state index >= 15 is 0 Å². The predicted octanol–water partition coefficient (Wildman–Crippen LogP) is 1.39. The van der Waals surface area contributed by atoms with Crippen LogP contribution in [-0.4, -0.2) is 9.97 Å². The van der Waals surface area contributed by atoms with Gasteiger partial charge in [-0.1, -0.05) is 24.4 Å². The predicted molar refractivity (Wildman–Crippen MR) is 61.0 cm³/mol. The number of hydrogen-bond donors (Lipinski definition) is 0. The topological polar surface area (TPSA) is 25.8 Å². The van der Waals surface area contributed by atoms with Crippen molar-refractivity contribution >= 4 is 45.9 Å². The number of nitrogens with zero attached hydrogens (tertiary/aromatic N) is 2. The second-order valence-electron chi connectivity index (χ2n) is 3.10. The summed E-state index contributed by atoms with van der Waals surface area (Å²) in [5.41, 5.74) is 0. The van der Waals surface area contributed by atoms with Gasteiger partial charge in [0.15, 0.2) is 0 Å². The Morgan fingerprint density at radius 3 is 3.14 bits per heavy atom. The molecule has 0 aliphatic heterocycles. The van der Waals surface area contributed by atoms with Crippen molar-refractivity contribution in [1.82, 2.24) is 9.97 Å². The molecule has 0 saturated heterocycles. The number of rotatable bonds is 0. The van der Waals surface area contributed by atoms with Crippen LogP contribution in [0.4, 0.5) is 0 Å². The second-order valence-corrected chi connectivity index (χ2v) is 4.55. The van der Waals surface area contributed by atoms with Gasteiger partial charge in [-0.05, 0) is 11.6 Å². The van der Waals surface area contributed by atoms with E-state index in [4.69, 9.17) is 12.2 Å². The summed E-state index contributed by atoms with van der Waals surface area (Å²) in [5, 5.41) is 2.39. The Morgan fingerprint density at radius 1 is 1.29 bits per heavy atom. The standard InChI is InChI=1S/C10H6N2S2/c13-9-5-11-4-7-6-2-1-3-8(6)14-10(7)12-9/h2-5H,1H2. The molecule has 0 amide bonds. The Hall–Kier alpha value is -1.13. The minimum atomic E-state index is 0.555. The molecule has 0 fully saturated rings. The van der Waals surface area contributed by atoms with E-state index in [1.165, 1.54) is 9.75 Å². The van der Waals surface area contributed by atoms with Crippen LogP contribution in [0.3, 0.4) is 0 Å².